The molecular formula is C21H21S+. The number of aryl methyl sites for hydroxylation is 1. The Labute approximate surface area is 136 Å². The van der Waals surface area contributed by atoms with Crippen molar-refractivity contribution in [3.8, 4) is 0 Å². The topological polar surface area (TPSA) is 0 Å². The molecule has 0 N–H and O–H groups in total. The second kappa shape index (κ2) is 6.41. The highest BCUT2D eigenvalue weighted by molar-refractivity contribution is 8.00. The zero-order valence-electron chi connectivity index (χ0n) is 13.2. The summed E-state index contributed by atoms with van der Waals surface area (Å²) in [4.78, 5) is 4.35. The first-order valence-corrected chi connectivity index (χ1v) is 8.81. The van der Waals surface area contributed by atoms with Gasteiger partial charge in [-0.25, -0.2) is 0 Å². The van der Waals surface area contributed by atoms with Gasteiger partial charge in [-0.15, -0.1) is 0 Å². The fourth-order valence-corrected chi connectivity index (χ4v) is 5.18. The van der Waals surface area contributed by atoms with Gasteiger partial charge in [0.25, 0.3) is 0 Å². The number of benzene rings is 2. The molecule has 1 aliphatic heterocycles. The molecule has 0 nitrogen and oxygen atoms in total. The van der Waals surface area contributed by atoms with Crippen LogP contribution in [0.3, 0.4) is 0 Å². The Balaban J connectivity index is 2.15. The lowest BCUT2D eigenvalue weighted by Gasteiger charge is -2.19. The molecule has 2 aromatic rings. The molecule has 0 bridgehead atoms. The molecule has 0 spiro atoms. The summed E-state index contributed by atoms with van der Waals surface area (Å²) in [6.07, 6.45) is 7.13. The van der Waals surface area contributed by atoms with Crippen LogP contribution in [0, 0.1) is 6.92 Å². The molecule has 22 heavy (non-hydrogen) atoms. The van der Waals surface area contributed by atoms with Crippen LogP contribution in [-0.2, 0) is 17.3 Å². The van der Waals surface area contributed by atoms with Gasteiger partial charge < -0.3 is 0 Å². The van der Waals surface area contributed by atoms with Gasteiger partial charge in [-0.05, 0) is 25.1 Å². The van der Waals surface area contributed by atoms with Crippen molar-refractivity contribution >= 4 is 10.9 Å². The van der Waals surface area contributed by atoms with Crippen molar-refractivity contribution in [3.63, 3.8) is 0 Å². The summed E-state index contributed by atoms with van der Waals surface area (Å²) >= 11 is 0. The van der Waals surface area contributed by atoms with E-state index in [0.29, 0.717) is 0 Å². The van der Waals surface area contributed by atoms with Crippen LogP contribution in [0.2, 0.25) is 0 Å². The van der Waals surface area contributed by atoms with Crippen molar-refractivity contribution in [1.82, 2.24) is 0 Å². The SMILES string of the molecule is C=C/C=C\C1=C(C)[S+](c2ccc(C)cc2)c2ccccc2C1. The Morgan fingerprint density at radius 2 is 1.73 bits per heavy atom. The van der Waals surface area contributed by atoms with E-state index in [2.05, 4.69) is 75.0 Å². The van der Waals surface area contributed by atoms with Crippen LogP contribution in [0.1, 0.15) is 18.1 Å². The first-order valence-electron chi connectivity index (χ1n) is 7.58. The Hall–Kier alpha value is -1.99. The van der Waals surface area contributed by atoms with E-state index < -0.39 is 0 Å². The molecule has 3 rings (SSSR count). The Bertz CT molecular complexity index is 748. The van der Waals surface area contributed by atoms with Crippen molar-refractivity contribution in [2.24, 2.45) is 0 Å². The average molecular weight is 305 g/mol. The zero-order chi connectivity index (χ0) is 15.5. The third-order valence-electron chi connectivity index (χ3n) is 4.02. The van der Waals surface area contributed by atoms with Gasteiger partial charge in [-0.3, -0.25) is 0 Å². The molecule has 110 valence electrons. The highest BCUT2D eigenvalue weighted by atomic mass is 32.2. The summed E-state index contributed by atoms with van der Waals surface area (Å²) in [5.74, 6) is 0. The molecular weight excluding hydrogens is 284 g/mol. The molecule has 0 saturated carbocycles. The zero-order valence-corrected chi connectivity index (χ0v) is 14.0. The lowest BCUT2D eigenvalue weighted by molar-refractivity contribution is 1.09. The van der Waals surface area contributed by atoms with E-state index in [-0.39, 0.29) is 10.9 Å². The molecule has 1 heterocycles. The predicted octanol–water partition coefficient (Wildman–Crippen LogP) is 5.60. The smallest absolute Gasteiger partial charge is 0.0991 e. The van der Waals surface area contributed by atoms with Crippen LogP contribution in [0.15, 0.2) is 93.6 Å². The summed E-state index contributed by atoms with van der Waals surface area (Å²) in [7, 11) is 0.0245. The number of rotatable bonds is 3. The fraction of sp³-hybridized carbons (Fsp3) is 0.143. The Morgan fingerprint density at radius 3 is 2.45 bits per heavy atom. The predicted molar refractivity (Wildman–Crippen MR) is 97.3 cm³/mol. The number of allylic oxidation sites excluding steroid dienone is 5. The van der Waals surface area contributed by atoms with Crippen molar-refractivity contribution in [1.29, 1.82) is 0 Å². The first-order chi connectivity index (χ1) is 10.7. The van der Waals surface area contributed by atoms with Crippen LogP contribution in [0.25, 0.3) is 0 Å². The molecule has 2 aromatic carbocycles. The van der Waals surface area contributed by atoms with Gasteiger partial charge in [0.05, 0.1) is 10.9 Å². The van der Waals surface area contributed by atoms with E-state index in [4.69, 9.17) is 0 Å². The van der Waals surface area contributed by atoms with E-state index in [9.17, 15) is 0 Å². The normalized spacial score (nSPS) is 17.6. The van der Waals surface area contributed by atoms with Crippen LogP contribution >= 0.6 is 0 Å². The van der Waals surface area contributed by atoms with Gasteiger partial charge in [-0.2, -0.15) is 0 Å². The number of hydrogen-bond donors (Lipinski definition) is 0. The first kappa shape index (κ1) is 14.9. The van der Waals surface area contributed by atoms with Crippen molar-refractivity contribution in [2.45, 2.75) is 30.1 Å². The second-order valence-corrected chi connectivity index (χ2v) is 7.72. The quantitative estimate of drug-likeness (QED) is 0.511. The summed E-state index contributed by atoms with van der Waals surface area (Å²) in [6, 6.07) is 17.8. The van der Waals surface area contributed by atoms with Crippen LogP contribution in [0.5, 0.6) is 0 Å². The van der Waals surface area contributed by atoms with E-state index in [1.54, 1.807) is 0 Å². The highest BCUT2D eigenvalue weighted by Gasteiger charge is 2.35. The summed E-state index contributed by atoms with van der Waals surface area (Å²) in [5.41, 5.74) is 4.18. The summed E-state index contributed by atoms with van der Waals surface area (Å²) in [6.45, 7) is 8.22. The third kappa shape index (κ3) is 2.82. The molecule has 0 radical (unpaired) electrons. The Kier molecular flexibility index (Phi) is 4.35. The van der Waals surface area contributed by atoms with E-state index in [1.165, 1.54) is 31.4 Å². The van der Waals surface area contributed by atoms with Crippen LogP contribution in [0.4, 0.5) is 0 Å². The molecule has 0 saturated heterocycles. The minimum atomic E-state index is 0.0245. The third-order valence-corrected chi connectivity index (χ3v) is 6.48. The molecule has 0 aliphatic carbocycles. The lowest BCUT2D eigenvalue weighted by Crippen LogP contribution is -2.15. The molecule has 1 heteroatoms. The molecule has 0 aromatic heterocycles. The van der Waals surface area contributed by atoms with Crippen molar-refractivity contribution in [3.05, 3.63) is 94.9 Å². The van der Waals surface area contributed by atoms with Gasteiger partial charge >= 0.3 is 0 Å². The molecule has 1 unspecified atom stereocenters. The van der Waals surface area contributed by atoms with E-state index in [0.717, 1.165) is 6.42 Å². The fourth-order valence-electron chi connectivity index (χ4n) is 2.81. The van der Waals surface area contributed by atoms with Gasteiger partial charge in [0.1, 0.15) is 4.91 Å². The summed E-state index contributed by atoms with van der Waals surface area (Å²) < 4.78 is 0. The molecule has 0 fully saturated rings. The number of fused-ring (bicyclic) bond motifs is 1. The summed E-state index contributed by atoms with van der Waals surface area (Å²) in [5, 5.41) is 0. The maximum Gasteiger partial charge on any atom is 0.169 e. The number of hydrogen-bond acceptors (Lipinski definition) is 0. The van der Waals surface area contributed by atoms with Gasteiger partial charge in [0, 0.05) is 24.5 Å². The van der Waals surface area contributed by atoms with Crippen LogP contribution in [-0.4, -0.2) is 0 Å². The largest absolute Gasteiger partial charge is 0.169 e. The average Bonchev–Trinajstić information content (AvgIpc) is 2.54. The maximum atomic E-state index is 3.79. The molecule has 1 aliphatic rings. The minimum Gasteiger partial charge on any atom is -0.0991 e. The van der Waals surface area contributed by atoms with E-state index in [1.807, 2.05) is 12.2 Å². The maximum absolute atomic E-state index is 3.79. The monoisotopic (exact) mass is 305 g/mol. The standard InChI is InChI=1S/C21H21S/c1-4-5-8-18-15-19-9-6-7-10-21(19)22(17(18)3)20-13-11-16(2)12-14-20/h4-14H,1,15H2,2-3H3/q+1/b8-5-. The Morgan fingerprint density at radius 1 is 1.00 bits per heavy atom. The highest BCUT2D eigenvalue weighted by Crippen LogP contribution is 2.39. The minimum absolute atomic E-state index is 0.0245. The molecule has 0 amide bonds. The van der Waals surface area contributed by atoms with Crippen molar-refractivity contribution < 1.29 is 0 Å². The second-order valence-electron chi connectivity index (χ2n) is 5.58. The van der Waals surface area contributed by atoms with Gasteiger partial charge in [0.15, 0.2) is 9.79 Å². The van der Waals surface area contributed by atoms with E-state index >= 15 is 0 Å². The lowest BCUT2D eigenvalue weighted by atomic mass is 10.0. The van der Waals surface area contributed by atoms with Crippen molar-refractivity contribution in [2.75, 3.05) is 0 Å². The molecule has 1 atom stereocenters. The van der Waals surface area contributed by atoms with Crippen LogP contribution < -0.4 is 0 Å². The van der Waals surface area contributed by atoms with Gasteiger partial charge in [-0.1, -0.05) is 60.7 Å². The van der Waals surface area contributed by atoms with Gasteiger partial charge in [0.2, 0.25) is 0 Å².